The van der Waals surface area contributed by atoms with Crippen LogP contribution in [-0.2, 0) is 9.47 Å². The van der Waals surface area contributed by atoms with Gasteiger partial charge in [0, 0.05) is 31.6 Å². The van der Waals surface area contributed by atoms with E-state index in [1.54, 1.807) is 0 Å². The van der Waals surface area contributed by atoms with Gasteiger partial charge in [-0.15, -0.1) is 0 Å². The van der Waals surface area contributed by atoms with Crippen molar-refractivity contribution in [3.8, 4) is 0 Å². The third kappa shape index (κ3) is 1.46. The Hall–Kier alpha value is -0.160. The summed E-state index contributed by atoms with van der Waals surface area (Å²) in [5.41, 5.74) is 4.77. The predicted molar refractivity (Wildman–Crippen MR) is 51.9 cm³/mol. The van der Waals surface area contributed by atoms with Crippen molar-refractivity contribution in [3.05, 3.63) is 0 Å². The van der Waals surface area contributed by atoms with Gasteiger partial charge in [0.15, 0.2) is 0 Å². The molecule has 14 heavy (non-hydrogen) atoms. The van der Waals surface area contributed by atoms with Gasteiger partial charge in [-0.25, -0.2) is 0 Å². The van der Waals surface area contributed by atoms with Crippen LogP contribution >= 0.6 is 0 Å². The summed E-state index contributed by atoms with van der Waals surface area (Å²) in [6, 6.07) is 0. The van der Waals surface area contributed by atoms with Gasteiger partial charge in [-0.3, -0.25) is 0 Å². The Morgan fingerprint density at radius 3 is 2.43 bits per heavy atom. The highest BCUT2D eigenvalue weighted by Gasteiger charge is 2.52. The van der Waals surface area contributed by atoms with E-state index >= 15 is 0 Å². The molecule has 2 rings (SSSR count). The molecule has 3 N–H and O–H groups in total. The maximum Gasteiger partial charge on any atom is 0.0991 e. The molecule has 2 unspecified atom stereocenters. The third-order valence-corrected chi connectivity index (χ3v) is 3.70. The minimum atomic E-state index is -0.762. The average molecular weight is 201 g/mol. The van der Waals surface area contributed by atoms with E-state index in [0.717, 1.165) is 19.4 Å². The van der Waals surface area contributed by atoms with E-state index in [-0.39, 0.29) is 5.41 Å². The molecule has 0 aromatic rings. The van der Waals surface area contributed by atoms with E-state index in [1.165, 1.54) is 0 Å². The summed E-state index contributed by atoms with van der Waals surface area (Å²) >= 11 is 0. The summed E-state index contributed by atoms with van der Waals surface area (Å²) in [6.07, 6.45) is 2.62. The molecule has 2 saturated heterocycles. The van der Waals surface area contributed by atoms with Gasteiger partial charge in [0.1, 0.15) is 0 Å². The van der Waals surface area contributed by atoms with Crippen molar-refractivity contribution in [3.63, 3.8) is 0 Å². The molecule has 0 radical (unpaired) electrons. The monoisotopic (exact) mass is 201 g/mol. The normalized spacial score (nSPS) is 44.1. The quantitative estimate of drug-likeness (QED) is 0.654. The molecule has 0 amide bonds. The molecule has 2 fully saturated rings. The van der Waals surface area contributed by atoms with Gasteiger partial charge < -0.3 is 20.3 Å². The second kappa shape index (κ2) is 3.77. The van der Waals surface area contributed by atoms with Crippen LogP contribution in [0.15, 0.2) is 0 Å². The number of rotatable bonds is 2. The molecule has 2 atom stereocenters. The Balaban J connectivity index is 2.16. The van der Waals surface area contributed by atoms with Crippen LogP contribution in [0, 0.1) is 5.41 Å². The van der Waals surface area contributed by atoms with Gasteiger partial charge in [-0.05, 0) is 12.8 Å². The molecule has 2 aliphatic heterocycles. The Bertz CT molecular complexity index is 196. The van der Waals surface area contributed by atoms with Crippen molar-refractivity contribution in [2.45, 2.75) is 24.9 Å². The fourth-order valence-corrected chi connectivity index (χ4v) is 2.54. The lowest BCUT2D eigenvalue weighted by molar-refractivity contribution is -0.142. The molecule has 4 nitrogen and oxygen atoms in total. The first kappa shape index (κ1) is 10.4. The number of hydrogen-bond acceptors (Lipinski definition) is 4. The smallest absolute Gasteiger partial charge is 0.0991 e. The van der Waals surface area contributed by atoms with Gasteiger partial charge in [0.05, 0.1) is 18.8 Å². The first-order valence-corrected chi connectivity index (χ1v) is 5.30. The van der Waals surface area contributed by atoms with E-state index < -0.39 is 5.60 Å². The summed E-state index contributed by atoms with van der Waals surface area (Å²) in [5.74, 6) is 0. The molecule has 0 saturated carbocycles. The third-order valence-electron chi connectivity index (χ3n) is 3.70. The lowest BCUT2D eigenvalue weighted by atomic mass is 9.68. The minimum absolute atomic E-state index is 0.276. The summed E-state index contributed by atoms with van der Waals surface area (Å²) in [6.45, 7) is 2.89. The van der Waals surface area contributed by atoms with Crippen LogP contribution in [0.5, 0.6) is 0 Å². The SMILES string of the molecule is NCC1(C2(O)CCOC2)CCCOC1. The Morgan fingerprint density at radius 2 is 1.93 bits per heavy atom. The zero-order chi connectivity index (χ0) is 10.1. The van der Waals surface area contributed by atoms with Crippen LogP contribution in [0.25, 0.3) is 0 Å². The molecule has 0 aromatic heterocycles. The standard InChI is InChI=1S/C10H19NO3/c11-6-9(2-1-4-13-7-9)10(12)3-5-14-8-10/h12H,1-8,11H2. The fraction of sp³-hybridized carbons (Fsp3) is 1.00. The number of hydrogen-bond donors (Lipinski definition) is 2. The maximum atomic E-state index is 10.5. The van der Waals surface area contributed by atoms with Gasteiger partial charge in [0.2, 0.25) is 0 Å². The lowest BCUT2D eigenvalue weighted by Gasteiger charge is -2.46. The average Bonchev–Trinajstić information content (AvgIpc) is 2.68. The molecule has 0 aliphatic carbocycles. The lowest BCUT2D eigenvalue weighted by Crippen LogP contribution is -2.57. The summed E-state index contributed by atoms with van der Waals surface area (Å²) in [5, 5.41) is 10.5. The second-order valence-corrected chi connectivity index (χ2v) is 4.47. The molecule has 82 valence electrons. The van der Waals surface area contributed by atoms with Crippen LogP contribution in [0.4, 0.5) is 0 Å². The highest BCUT2D eigenvalue weighted by atomic mass is 16.5. The molecule has 0 spiro atoms. The van der Waals surface area contributed by atoms with Gasteiger partial charge >= 0.3 is 0 Å². The first-order chi connectivity index (χ1) is 6.72. The summed E-state index contributed by atoms with van der Waals surface area (Å²) < 4.78 is 10.7. The maximum absolute atomic E-state index is 10.5. The van der Waals surface area contributed by atoms with Gasteiger partial charge in [-0.2, -0.15) is 0 Å². The van der Waals surface area contributed by atoms with E-state index in [0.29, 0.717) is 32.8 Å². The predicted octanol–water partition coefficient (Wildman–Crippen LogP) is -0.107. The molecule has 2 heterocycles. The Labute approximate surface area is 84.4 Å². The molecule has 0 bridgehead atoms. The molecule has 4 heteroatoms. The zero-order valence-corrected chi connectivity index (χ0v) is 8.50. The Morgan fingerprint density at radius 1 is 1.14 bits per heavy atom. The Kier molecular flexibility index (Phi) is 2.79. The van der Waals surface area contributed by atoms with Crippen molar-refractivity contribution < 1.29 is 14.6 Å². The molecule has 2 aliphatic rings. The minimum Gasteiger partial charge on any atom is -0.387 e. The van der Waals surface area contributed by atoms with Crippen LogP contribution in [0.2, 0.25) is 0 Å². The van der Waals surface area contributed by atoms with Crippen LogP contribution in [-0.4, -0.2) is 43.7 Å². The van der Waals surface area contributed by atoms with Gasteiger partial charge in [0.25, 0.3) is 0 Å². The first-order valence-electron chi connectivity index (χ1n) is 5.30. The zero-order valence-electron chi connectivity index (χ0n) is 8.50. The van der Waals surface area contributed by atoms with Crippen molar-refractivity contribution in [1.82, 2.24) is 0 Å². The summed E-state index contributed by atoms with van der Waals surface area (Å²) in [7, 11) is 0. The van der Waals surface area contributed by atoms with Crippen LogP contribution in [0.1, 0.15) is 19.3 Å². The van der Waals surface area contributed by atoms with Crippen molar-refractivity contribution in [1.29, 1.82) is 0 Å². The largest absolute Gasteiger partial charge is 0.387 e. The number of aliphatic hydroxyl groups is 1. The second-order valence-electron chi connectivity index (χ2n) is 4.47. The van der Waals surface area contributed by atoms with Crippen molar-refractivity contribution in [2.75, 3.05) is 33.0 Å². The fourth-order valence-electron chi connectivity index (χ4n) is 2.54. The van der Waals surface area contributed by atoms with Crippen molar-refractivity contribution in [2.24, 2.45) is 11.1 Å². The van der Waals surface area contributed by atoms with Crippen LogP contribution in [0.3, 0.4) is 0 Å². The van der Waals surface area contributed by atoms with E-state index in [9.17, 15) is 5.11 Å². The highest BCUT2D eigenvalue weighted by Crippen LogP contribution is 2.42. The number of ether oxygens (including phenoxy) is 2. The van der Waals surface area contributed by atoms with E-state index in [4.69, 9.17) is 15.2 Å². The van der Waals surface area contributed by atoms with E-state index in [1.807, 2.05) is 0 Å². The van der Waals surface area contributed by atoms with Crippen LogP contribution < -0.4 is 5.73 Å². The summed E-state index contributed by atoms with van der Waals surface area (Å²) in [4.78, 5) is 0. The van der Waals surface area contributed by atoms with E-state index in [2.05, 4.69) is 0 Å². The molecular formula is C10H19NO3. The van der Waals surface area contributed by atoms with Gasteiger partial charge in [-0.1, -0.05) is 0 Å². The molecule has 0 aromatic carbocycles. The topological polar surface area (TPSA) is 64.7 Å². The number of nitrogens with two attached hydrogens (primary N) is 1. The van der Waals surface area contributed by atoms with Crippen molar-refractivity contribution >= 4 is 0 Å². The highest BCUT2D eigenvalue weighted by molar-refractivity contribution is 5.02. The molecular weight excluding hydrogens is 182 g/mol.